The van der Waals surface area contributed by atoms with Crippen molar-refractivity contribution in [2.75, 3.05) is 4.31 Å². The zero-order chi connectivity index (χ0) is 24.0. The second-order valence-electron chi connectivity index (χ2n) is 8.10. The fourth-order valence-electron chi connectivity index (χ4n) is 4.44. The molecule has 0 saturated carbocycles. The maximum atomic E-state index is 14.3. The van der Waals surface area contributed by atoms with Crippen LogP contribution >= 0.6 is 15.9 Å². The predicted molar refractivity (Wildman–Crippen MR) is 134 cm³/mol. The number of rotatable bonds is 3. The summed E-state index contributed by atoms with van der Waals surface area (Å²) >= 11 is 3.53. The van der Waals surface area contributed by atoms with E-state index in [0.29, 0.717) is 21.3 Å². The molecule has 0 radical (unpaired) electrons. The summed E-state index contributed by atoms with van der Waals surface area (Å²) in [7, 11) is -4.11. The summed E-state index contributed by atoms with van der Waals surface area (Å²) in [5.74, 6) is -0.852. The molecule has 1 atom stereocenters. The predicted octanol–water partition coefficient (Wildman–Crippen LogP) is 5.28. The highest BCUT2D eigenvalue weighted by Gasteiger charge is 2.47. The molecule has 0 spiro atoms. The molecule has 5 rings (SSSR count). The number of hydrogen-bond donors (Lipinski definition) is 1. The quantitative estimate of drug-likeness (QED) is 0.493. The Labute approximate surface area is 206 Å². The minimum absolute atomic E-state index is 0.0115. The Bertz CT molecular complexity index is 1540. The van der Waals surface area contributed by atoms with Gasteiger partial charge < -0.3 is 10.5 Å². The Hall–Kier alpha value is -3.54. The Morgan fingerprint density at radius 2 is 1.74 bits per heavy atom. The molecule has 2 N–H and O–H groups in total. The fourth-order valence-corrected chi connectivity index (χ4v) is 6.85. The Kier molecular flexibility index (Phi) is 5.47. The van der Waals surface area contributed by atoms with Crippen molar-refractivity contribution in [1.82, 2.24) is 0 Å². The van der Waals surface area contributed by atoms with Crippen molar-refractivity contribution in [2.45, 2.75) is 19.4 Å². The molecule has 3 aromatic rings. The first-order valence-corrected chi connectivity index (χ1v) is 12.8. The highest BCUT2D eigenvalue weighted by Crippen LogP contribution is 2.52. The smallest absolute Gasteiger partial charge is 0.265 e. The van der Waals surface area contributed by atoms with Crippen LogP contribution in [-0.2, 0) is 21.3 Å². The van der Waals surface area contributed by atoms with Gasteiger partial charge in [0.15, 0.2) is 5.76 Å². The number of fused-ring (bicyclic) bond motifs is 2. The number of ether oxygens (including phenoxy) is 1. The lowest BCUT2D eigenvalue weighted by Gasteiger charge is -2.38. The number of anilines is 1. The van der Waals surface area contributed by atoms with Gasteiger partial charge in [0.1, 0.15) is 16.5 Å². The van der Waals surface area contributed by atoms with Crippen LogP contribution in [0, 0.1) is 18.3 Å². The maximum Gasteiger partial charge on any atom is 0.265 e. The number of allylic oxidation sites excluding steroid dienone is 2. The molecule has 2 aliphatic rings. The minimum atomic E-state index is -4.11. The number of sulfonamides is 1. The Balaban J connectivity index is 1.79. The van der Waals surface area contributed by atoms with Gasteiger partial charge in [0.25, 0.3) is 10.0 Å². The average Bonchev–Trinajstić information content (AvgIpc) is 2.82. The highest BCUT2D eigenvalue weighted by molar-refractivity contribution is 9.10. The molecule has 0 saturated heterocycles. The molecule has 0 aromatic heterocycles. The first-order valence-electron chi connectivity index (χ1n) is 10.6. The lowest BCUT2D eigenvalue weighted by molar-refractivity contribution is 0.357. The van der Waals surface area contributed by atoms with Gasteiger partial charge in [-0.15, -0.1) is 0 Å². The van der Waals surface area contributed by atoms with E-state index in [9.17, 15) is 13.7 Å². The van der Waals surface area contributed by atoms with Gasteiger partial charge in [-0.05, 0) is 41.8 Å². The number of hydrogen-bond acceptors (Lipinski definition) is 5. The molecule has 170 valence electrons. The number of nitrogens with two attached hydrogens (primary N) is 1. The van der Waals surface area contributed by atoms with E-state index in [-0.39, 0.29) is 28.7 Å². The van der Waals surface area contributed by atoms with Crippen LogP contribution in [-0.4, -0.2) is 8.42 Å². The number of aryl methyl sites for hydroxylation is 1. The minimum Gasteiger partial charge on any atom is -0.439 e. The molecule has 8 heteroatoms. The van der Waals surface area contributed by atoms with Gasteiger partial charge in [0.2, 0.25) is 5.88 Å². The van der Waals surface area contributed by atoms with Crippen LogP contribution in [0.4, 0.5) is 5.69 Å². The standard InChI is InChI=1S/C26H20BrN3O3S/c1-16-8-2-3-9-17(16)15-30-22-13-7-5-11-19(22)24-25(34(30,31)32)23(20(14-28)26(29)33-24)18-10-4-6-12-21(18)27/h2-13,23H,15,29H2,1H3/t23-/m0/s1. The van der Waals surface area contributed by atoms with E-state index in [0.717, 1.165) is 11.1 Å². The van der Waals surface area contributed by atoms with Gasteiger partial charge in [0, 0.05) is 10.0 Å². The lowest BCUT2D eigenvalue weighted by Crippen LogP contribution is -2.39. The molecule has 0 bridgehead atoms. The molecule has 6 nitrogen and oxygen atoms in total. The maximum absolute atomic E-state index is 14.3. The number of nitriles is 1. The summed E-state index contributed by atoms with van der Waals surface area (Å²) in [5.41, 5.74) is 9.84. The van der Waals surface area contributed by atoms with Crippen LogP contribution in [0.3, 0.4) is 0 Å². The summed E-state index contributed by atoms with van der Waals surface area (Å²) in [5, 5.41) is 9.96. The van der Waals surface area contributed by atoms with Crippen molar-refractivity contribution in [3.8, 4) is 6.07 Å². The molecule has 0 aliphatic carbocycles. The summed E-state index contributed by atoms with van der Waals surface area (Å²) < 4.78 is 36.5. The van der Waals surface area contributed by atoms with Gasteiger partial charge in [-0.2, -0.15) is 5.26 Å². The second-order valence-corrected chi connectivity index (χ2v) is 10.8. The third-order valence-electron chi connectivity index (χ3n) is 6.15. The zero-order valence-corrected chi connectivity index (χ0v) is 20.6. The molecule has 34 heavy (non-hydrogen) atoms. The number of benzene rings is 3. The van der Waals surface area contributed by atoms with Crippen molar-refractivity contribution in [1.29, 1.82) is 5.26 Å². The summed E-state index contributed by atoms with van der Waals surface area (Å²) in [6.45, 7) is 2.10. The van der Waals surface area contributed by atoms with Crippen LogP contribution in [0.5, 0.6) is 0 Å². The third kappa shape index (κ3) is 3.40. The van der Waals surface area contributed by atoms with Gasteiger partial charge in [-0.25, -0.2) is 8.42 Å². The topological polar surface area (TPSA) is 96.4 Å². The van der Waals surface area contributed by atoms with Crippen molar-refractivity contribution < 1.29 is 13.2 Å². The molecule has 2 aliphatic heterocycles. The van der Waals surface area contributed by atoms with Crippen molar-refractivity contribution in [3.05, 3.63) is 116 Å². The molecular weight excluding hydrogens is 514 g/mol. The molecule has 0 fully saturated rings. The molecule has 0 unspecified atom stereocenters. The lowest BCUT2D eigenvalue weighted by atomic mass is 9.88. The van der Waals surface area contributed by atoms with Gasteiger partial charge >= 0.3 is 0 Å². The van der Waals surface area contributed by atoms with E-state index in [2.05, 4.69) is 22.0 Å². The van der Waals surface area contributed by atoms with Crippen LogP contribution in [0.25, 0.3) is 5.76 Å². The van der Waals surface area contributed by atoms with Crippen molar-refractivity contribution in [2.24, 2.45) is 5.73 Å². The SMILES string of the molecule is Cc1ccccc1CN1c2ccccc2C2=C([C@@H](c3ccccc3Br)C(C#N)=C(N)O2)S1(=O)=O. The number of nitrogens with zero attached hydrogens (tertiary/aromatic N) is 2. The third-order valence-corrected chi connectivity index (χ3v) is 8.75. The van der Waals surface area contributed by atoms with Crippen molar-refractivity contribution >= 4 is 37.4 Å². The monoisotopic (exact) mass is 533 g/mol. The highest BCUT2D eigenvalue weighted by atomic mass is 79.9. The van der Waals surface area contributed by atoms with E-state index >= 15 is 0 Å². The molecule has 0 amide bonds. The molecule has 3 aromatic carbocycles. The van der Waals surface area contributed by atoms with E-state index in [1.165, 1.54) is 4.31 Å². The first-order chi connectivity index (χ1) is 16.3. The average molecular weight is 534 g/mol. The first kappa shape index (κ1) is 22.3. The second kappa shape index (κ2) is 8.35. The number of halogens is 1. The van der Waals surface area contributed by atoms with Crippen molar-refractivity contribution in [3.63, 3.8) is 0 Å². The van der Waals surface area contributed by atoms with E-state index < -0.39 is 15.9 Å². The number of para-hydroxylation sites is 1. The summed E-state index contributed by atoms with van der Waals surface area (Å²) in [6.07, 6.45) is 0. The van der Waals surface area contributed by atoms with Crippen LogP contribution in [0.15, 0.2) is 93.6 Å². The fraction of sp³-hybridized carbons (Fsp3) is 0.115. The van der Waals surface area contributed by atoms with E-state index in [1.807, 2.05) is 55.5 Å². The van der Waals surface area contributed by atoms with Crippen LogP contribution in [0.2, 0.25) is 0 Å². The normalized spacial score (nSPS) is 18.6. The molecular formula is C26H20BrN3O3S. The summed E-state index contributed by atoms with van der Waals surface area (Å²) in [4.78, 5) is 0.0115. The van der Waals surface area contributed by atoms with E-state index in [4.69, 9.17) is 10.5 Å². The summed E-state index contributed by atoms with van der Waals surface area (Å²) in [6, 6.07) is 24.2. The molecule has 2 heterocycles. The Morgan fingerprint density at radius 3 is 2.47 bits per heavy atom. The van der Waals surface area contributed by atoms with Crippen LogP contribution < -0.4 is 10.0 Å². The van der Waals surface area contributed by atoms with Gasteiger partial charge in [-0.3, -0.25) is 4.31 Å². The van der Waals surface area contributed by atoms with Gasteiger partial charge in [0.05, 0.1) is 18.2 Å². The van der Waals surface area contributed by atoms with E-state index in [1.54, 1.807) is 24.3 Å². The zero-order valence-electron chi connectivity index (χ0n) is 18.2. The van der Waals surface area contributed by atoms with Gasteiger partial charge in [-0.1, -0.05) is 70.5 Å². The van der Waals surface area contributed by atoms with Crippen LogP contribution in [0.1, 0.15) is 28.2 Å². The largest absolute Gasteiger partial charge is 0.439 e. The Morgan fingerprint density at radius 1 is 1.06 bits per heavy atom.